The Hall–Kier alpha value is -3.42. The van der Waals surface area contributed by atoms with Gasteiger partial charge < -0.3 is 15.0 Å². The van der Waals surface area contributed by atoms with Crippen LogP contribution in [0, 0.1) is 6.92 Å². The summed E-state index contributed by atoms with van der Waals surface area (Å²) >= 11 is 0. The van der Waals surface area contributed by atoms with Gasteiger partial charge in [0.25, 0.3) is 11.8 Å². The molecule has 8 nitrogen and oxygen atoms in total. The van der Waals surface area contributed by atoms with E-state index < -0.39 is 5.91 Å². The summed E-state index contributed by atoms with van der Waals surface area (Å²) in [6.45, 7) is 1.53. The number of ether oxygens (including phenoxy) is 1. The zero-order chi connectivity index (χ0) is 19.6. The van der Waals surface area contributed by atoms with Crippen LogP contribution in [0.15, 0.2) is 36.5 Å². The van der Waals surface area contributed by atoms with Gasteiger partial charge in [-0.2, -0.15) is 0 Å². The number of anilines is 2. The molecule has 27 heavy (non-hydrogen) atoms. The molecule has 0 aliphatic carbocycles. The van der Waals surface area contributed by atoms with E-state index in [2.05, 4.69) is 10.3 Å². The van der Waals surface area contributed by atoms with Crippen LogP contribution >= 0.6 is 0 Å². The predicted molar refractivity (Wildman–Crippen MR) is 99.9 cm³/mol. The fourth-order valence-corrected chi connectivity index (χ4v) is 2.63. The molecule has 0 saturated heterocycles. The lowest BCUT2D eigenvalue weighted by atomic mass is 10.1. The number of amides is 3. The lowest BCUT2D eigenvalue weighted by Gasteiger charge is -2.29. The SMILES string of the molecule is Cc1ccc(NC(=O)CN2C(=O)COc3ccc(C(=O)N(C)C)cc32)nc1. The van der Waals surface area contributed by atoms with Crippen LogP contribution in [-0.2, 0) is 9.59 Å². The molecule has 0 bridgehead atoms. The maximum absolute atomic E-state index is 12.4. The minimum absolute atomic E-state index is 0.163. The first-order valence-corrected chi connectivity index (χ1v) is 8.36. The monoisotopic (exact) mass is 368 g/mol. The van der Waals surface area contributed by atoms with Gasteiger partial charge in [-0.05, 0) is 36.8 Å². The predicted octanol–water partition coefficient (Wildman–Crippen LogP) is 1.46. The van der Waals surface area contributed by atoms with E-state index in [1.807, 2.05) is 13.0 Å². The Morgan fingerprint density at radius 2 is 2.04 bits per heavy atom. The quantitative estimate of drug-likeness (QED) is 0.882. The lowest BCUT2D eigenvalue weighted by Crippen LogP contribution is -2.43. The molecule has 2 heterocycles. The zero-order valence-corrected chi connectivity index (χ0v) is 15.4. The number of rotatable bonds is 4. The Kier molecular flexibility index (Phi) is 5.07. The second kappa shape index (κ2) is 7.45. The summed E-state index contributed by atoms with van der Waals surface area (Å²) in [6, 6.07) is 8.34. The summed E-state index contributed by atoms with van der Waals surface area (Å²) in [5.41, 5.74) is 1.77. The van der Waals surface area contributed by atoms with E-state index in [1.54, 1.807) is 44.6 Å². The maximum Gasteiger partial charge on any atom is 0.265 e. The van der Waals surface area contributed by atoms with Crippen molar-refractivity contribution < 1.29 is 19.1 Å². The number of nitrogens with one attached hydrogen (secondary N) is 1. The number of hydrogen-bond donors (Lipinski definition) is 1. The molecule has 1 aliphatic rings. The highest BCUT2D eigenvalue weighted by Gasteiger charge is 2.28. The molecule has 0 atom stereocenters. The Labute approximate surface area is 156 Å². The summed E-state index contributed by atoms with van der Waals surface area (Å²) < 4.78 is 5.41. The third-order valence-corrected chi connectivity index (χ3v) is 4.04. The molecule has 3 amide bonds. The summed E-state index contributed by atoms with van der Waals surface area (Å²) in [6.07, 6.45) is 1.64. The topological polar surface area (TPSA) is 91.8 Å². The normalized spacial score (nSPS) is 12.9. The number of aryl methyl sites for hydroxylation is 1. The largest absolute Gasteiger partial charge is 0.482 e. The number of fused-ring (bicyclic) bond motifs is 1. The fraction of sp³-hybridized carbons (Fsp3) is 0.263. The number of hydrogen-bond acceptors (Lipinski definition) is 5. The molecule has 2 aromatic rings. The van der Waals surface area contributed by atoms with Gasteiger partial charge in [-0.1, -0.05) is 6.07 Å². The van der Waals surface area contributed by atoms with Crippen LogP contribution < -0.4 is 15.0 Å². The molecule has 1 aromatic heterocycles. The standard InChI is InChI=1S/C19H20N4O4/c1-12-4-7-16(20-9-12)21-17(24)10-23-14-8-13(19(26)22(2)3)5-6-15(14)27-11-18(23)25/h4-9H,10-11H2,1-3H3,(H,20,21,24). The Morgan fingerprint density at radius 1 is 1.26 bits per heavy atom. The van der Waals surface area contributed by atoms with Crippen LogP contribution in [0.25, 0.3) is 0 Å². The zero-order valence-electron chi connectivity index (χ0n) is 15.4. The fourth-order valence-electron chi connectivity index (χ4n) is 2.63. The van der Waals surface area contributed by atoms with Gasteiger partial charge in [0.15, 0.2) is 6.61 Å². The molecule has 1 aliphatic heterocycles. The minimum Gasteiger partial charge on any atom is -0.482 e. The highest BCUT2D eigenvalue weighted by atomic mass is 16.5. The molecule has 0 unspecified atom stereocenters. The molecule has 0 saturated carbocycles. The average molecular weight is 368 g/mol. The number of aromatic nitrogens is 1. The Morgan fingerprint density at radius 3 is 2.70 bits per heavy atom. The van der Waals surface area contributed by atoms with Crippen LogP contribution in [0.5, 0.6) is 5.75 Å². The summed E-state index contributed by atoms with van der Waals surface area (Å²) in [5.74, 6) is -0.0980. The first-order chi connectivity index (χ1) is 12.8. The number of carbonyl (C=O) groups excluding carboxylic acids is 3. The van der Waals surface area contributed by atoms with Crippen molar-refractivity contribution in [3.8, 4) is 5.75 Å². The van der Waals surface area contributed by atoms with Crippen LogP contribution in [0.3, 0.4) is 0 Å². The number of benzene rings is 1. The van der Waals surface area contributed by atoms with Crippen molar-refractivity contribution in [2.45, 2.75) is 6.92 Å². The van der Waals surface area contributed by atoms with Gasteiger partial charge in [0.05, 0.1) is 5.69 Å². The number of carbonyl (C=O) groups is 3. The molecular weight excluding hydrogens is 348 g/mol. The third-order valence-electron chi connectivity index (χ3n) is 4.04. The smallest absolute Gasteiger partial charge is 0.265 e. The van der Waals surface area contributed by atoms with Crippen molar-refractivity contribution >= 4 is 29.2 Å². The minimum atomic E-state index is -0.392. The van der Waals surface area contributed by atoms with Crippen molar-refractivity contribution in [1.29, 1.82) is 0 Å². The average Bonchev–Trinajstić information content (AvgIpc) is 2.65. The van der Waals surface area contributed by atoms with E-state index in [0.717, 1.165) is 5.56 Å². The van der Waals surface area contributed by atoms with Gasteiger partial charge in [-0.15, -0.1) is 0 Å². The second-order valence-electron chi connectivity index (χ2n) is 6.42. The molecule has 1 N–H and O–H groups in total. The van der Waals surface area contributed by atoms with Crippen LogP contribution in [0.1, 0.15) is 15.9 Å². The van der Waals surface area contributed by atoms with E-state index in [4.69, 9.17) is 4.74 Å². The van der Waals surface area contributed by atoms with Crippen LogP contribution in [-0.4, -0.2) is 54.9 Å². The first-order valence-electron chi connectivity index (χ1n) is 8.36. The molecule has 0 spiro atoms. The van der Waals surface area contributed by atoms with Crippen molar-refractivity contribution in [3.05, 3.63) is 47.7 Å². The maximum atomic E-state index is 12.4. The van der Waals surface area contributed by atoms with E-state index in [-0.39, 0.29) is 25.0 Å². The summed E-state index contributed by atoms with van der Waals surface area (Å²) in [4.78, 5) is 43.8. The molecule has 8 heteroatoms. The molecule has 140 valence electrons. The van der Waals surface area contributed by atoms with E-state index in [0.29, 0.717) is 22.8 Å². The summed E-state index contributed by atoms with van der Waals surface area (Å²) in [5, 5.41) is 2.66. The van der Waals surface area contributed by atoms with Crippen molar-refractivity contribution in [1.82, 2.24) is 9.88 Å². The van der Waals surface area contributed by atoms with E-state index in [9.17, 15) is 14.4 Å². The number of nitrogens with zero attached hydrogens (tertiary/aromatic N) is 3. The van der Waals surface area contributed by atoms with E-state index >= 15 is 0 Å². The van der Waals surface area contributed by atoms with Gasteiger partial charge in [0.2, 0.25) is 5.91 Å². The van der Waals surface area contributed by atoms with Gasteiger partial charge in [-0.3, -0.25) is 19.3 Å². The lowest BCUT2D eigenvalue weighted by molar-refractivity contribution is -0.123. The Balaban J connectivity index is 1.82. The number of pyridine rings is 1. The second-order valence-corrected chi connectivity index (χ2v) is 6.42. The van der Waals surface area contributed by atoms with Gasteiger partial charge in [-0.25, -0.2) is 4.98 Å². The van der Waals surface area contributed by atoms with Gasteiger partial charge in [0.1, 0.15) is 18.1 Å². The van der Waals surface area contributed by atoms with Crippen molar-refractivity contribution in [2.75, 3.05) is 37.5 Å². The van der Waals surface area contributed by atoms with Gasteiger partial charge >= 0.3 is 0 Å². The van der Waals surface area contributed by atoms with Crippen molar-refractivity contribution in [2.24, 2.45) is 0 Å². The third kappa shape index (κ3) is 4.05. The first kappa shape index (κ1) is 18.4. The highest BCUT2D eigenvalue weighted by Crippen LogP contribution is 2.33. The molecular formula is C19H20N4O4. The van der Waals surface area contributed by atoms with Crippen LogP contribution in [0.4, 0.5) is 11.5 Å². The molecule has 0 fully saturated rings. The van der Waals surface area contributed by atoms with Crippen molar-refractivity contribution in [3.63, 3.8) is 0 Å². The van der Waals surface area contributed by atoms with Gasteiger partial charge in [0, 0.05) is 25.9 Å². The van der Waals surface area contributed by atoms with Crippen LogP contribution in [0.2, 0.25) is 0 Å². The molecule has 1 aromatic carbocycles. The Bertz CT molecular complexity index is 893. The highest BCUT2D eigenvalue weighted by molar-refractivity contribution is 6.06. The molecule has 3 rings (SSSR count). The summed E-state index contributed by atoms with van der Waals surface area (Å²) in [7, 11) is 3.28. The van der Waals surface area contributed by atoms with E-state index in [1.165, 1.54) is 9.80 Å². The molecule has 0 radical (unpaired) electrons.